The molecule has 0 saturated carbocycles. The van der Waals surface area contributed by atoms with Crippen molar-refractivity contribution in [2.75, 3.05) is 18.5 Å². The van der Waals surface area contributed by atoms with E-state index in [1.165, 1.54) is 6.07 Å². The van der Waals surface area contributed by atoms with Gasteiger partial charge in [0.15, 0.2) is 5.11 Å². The minimum absolute atomic E-state index is 0.233. The minimum atomic E-state index is -0.233. The van der Waals surface area contributed by atoms with Crippen molar-refractivity contribution in [3.8, 4) is 0 Å². The Morgan fingerprint density at radius 1 is 1.38 bits per heavy atom. The molecule has 0 unspecified atom stereocenters. The molecule has 1 heterocycles. The number of aromatic nitrogens is 2. The summed E-state index contributed by atoms with van der Waals surface area (Å²) in [7, 11) is 0. The summed E-state index contributed by atoms with van der Waals surface area (Å²) in [6.45, 7) is 5.84. The van der Waals surface area contributed by atoms with Crippen LogP contribution in [0, 0.1) is 5.82 Å². The molecule has 1 aromatic carbocycles. The predicted molar refractivity (Wildman–Crippen MR) is 97.7 cm³/mol. The molecule has 0 atom stereocenters. The van der Waals surface area contributed by atoms with E-state index in [0.717, 1.165) is 18.7 Å². The minimum Gasteiger partial charge on any atom is -0.379 e. The lowest BCUT2D eigenvalue weighted by molar-refractivity contribution is 0.0777. The van der Waals surface area contributed by atoms with Gasteiger partial charge in [0, 0.05) is 24.9 Å². The van der Waals surface area contributed by atoms with E-state index >= 15 is 0 Å². The number of anilines is 1. The van der Waals surface area contributed by atoms with Crippen LogP contribution in [0.25, 0.3) is 0 Å². The topological polar surface area (TPSA) is 51.1 Å². The number of rotatable bonds is 8. The molecule has 1 aromatic heterocycles. The number of halogens is 1. The van der Waals surface area contributed by atoms with Crippen molar-refractivity contribution in [1.29, 1.82) is 0 Å². The molecule has 7 heteroatoms. The molecule has 0 amide bonds. The summed E-state index contributed by atoms with van der Waals surface area (Å²) in [4.78, 5) is 0. The molecule has 130 valence electrons. The van der Waals surface area contributed by atoms with Crippen LogP contribution in [0.5, 0.6) is 0 Å². The maximum absolute atomic E-state index is 13.6. The van der Waals surface area contributed by atoms with Crippen molar-refractivity contribution < 1.29 is 9.13 Å². The first-order chi connectivity index (χ1) is 11.5. The van der Waals surface area contributed by atoms with Crippen molar-refractivity contribution >= 4 is 23.0 Å². The molecule has 2 aromatic rings. The summed E-state index contributed by atoms with van der Waals surface area (Å²) in [6, 6.07) is 6.67. The smallest absolute Gasteiger partial charge is 0.170 e. The van der Waals surface area contributed by atoms with E-state index in [2.05, 4.69) is 15.7 Å². The Bertz CT molecular complexity index is 660. The maximum Gasteiger partial charge on any atom is 0.170 e. The van der Waals surface area contributed by atoms with Gasteiger partial charge >= 0.3 is 0 Å². The second kappa shape index (κ2) is 9.34. The number of hydrogen-bond acceptors (Lipinski definition) is 3. The number of nitrogens with zero attached hydrogens (tertiary/aromatic N) is 2. The van der Waals surface area contributed by atoms with Gasteiger partial charge in [-0.3, -0.25) is 4.68 Å². The lowest BCUT2D eigenvalue weighted by atomic mass is 10.2. The van der Waals surface area contributed by atoms with Gasteiger partial charge in [0.05, 0.1) is 24.5 Å². The van der Waals surface area contributed by atoms with Gasteiger partial charge in [-0.1, -0.05) is 18.2 Å². The van der Waals surface area contributed by atoms with Crippen LogP contribution in [0.3, 0.4) is 0 Å². The largest absolute Gasteiger partial charge is 0.379 e. The van der Waals surface area contributed by atoms with Crippen molar-refractivity contribution in [3.05, 3.63) is 48.0 Å². The van der Waals surface area contributed by atoms with Crippen molar-refractivity contribution in [2.24, 2.45) is 0 Å². The quantitative estimate of drug-likeness (QED) is 0.566. The molecule has 2 rings (SSSR count). The monoisotopic (exact) mass is 350 g/mol. The van der Waals surface area contributed by atoms with Crippen molar-refractivity contribution in [1.82, 2.24) is 15.1 Å². The standard InChI is InChI=1S/C17H23FN4OS/c1-13(2)23-9-5-8-19-17(24)21-15-10-20-22(12-15)11-14-6-3-4-7-16(14)18/h3-4,6-7,10,12-13H,5,8-9,11H2,1-2H3,(H2,19,21,24). The average molecular weight is 350 g/mol. The van der Waals surface area contributed by atoms with E-state index in [0.29, 0.717) is 23.8 Å². The molecule has 0 radical (unpaired) electrons. The summed E-state index contributed by atoms with van der Waals surface area (Å²) < 4.78 is 20.8. The Kier molecular flexibility index (Phi) is 7.14. The van der Waals surface area contributed by atoms with Gasteiger partial charge in [0.25, 0.3) is 0 Å². The van der Waals surface area contributed by atoms with Gasteiger partial charge in [0.2, 0.25) is 0 Å². The molecular weight excluding hydrogens is 327 g/mol. The average Bonchev–Trinajstić information content (AvgIpc) is 2.96. The third-order valence-electron chi connectivity index (χ3n) is 3.24. The summed E-state index contributed by atoms with van der Waals surface area (Å²) in [6.07, 6.45) is 4.58. The highest BCUT2D eigenvalue weighted by atomic mass is 32.1. The molecule has 0 bridgehead atoms. The Labute approximate surface area is 147 Å². The Morgan fingerprint density at radius 2 is 2.17 bits per heavy atom. The van der Waals surface area contributed by atoms with Crippen molar-refractivity contribution in [2.45, 2.75) is 32.9 Å². The van der Waals surface area contributed by atoms with Gasteiger partial charge in [-0.25, -0.2) is 4.39 Å². The fourth-order valence-electron chi connectivity index (χ4n) is 2.08. The normalized spacial score (nSPS) is 10.8. The number of benzene rings is 1. The number of thiocarbonyl (C=S) groups is 1. The number of hydrogen-bond donors (Lipinski definition) is 2. The highest BCUT2D eigenvalue weighted by Gasteiger charge is 2.05. The SMILES string of the molecule is CC(C)OCCCNC(=S)Nc1cnn(Cc2ccccc2F)c1. The highest BCUT2D eigenvalue weighted by Crippen LogP contribution is 2.10. The predicted octanol–water partition coefficient (Wildman–Crippen LogP) is 3.17. The van der Waals surface area contributed by atoms with Gasteiger partial charge in [-0.05, 0) is 38.6 Å². The van der Waals surface area contributed by atoms with Gasteiger partial charge in [-0.2, -0.15) is 5.10 Å². The van der Waals surface area contributed by atoms with E-state index in [1.54, 1.807) is 29.2 Å². The van der Waals surface area contributed by atoms with Gasteiger partial charge in [-0.15, -0.1) is 0 Å². The lowest BCUT2D eigenvalue weighted by Crippen LogP contribution is -2.29. The fourth-order valence-corrected chi connectivity index (χ4v) is 2.30. The first kappa shape index (κ1) is 18.4. The third kappa shape index (κ3) is 6.25. The van der Waals surface area contributed by atoms with Crippen LogP contribution < -0.4 is 10.6 Å². The van der Waals surface area contributed by atoms with E-state index < -0.39 is 0 Å². The lowest BCUT2D eigenvalue weighted by Gasteiger charge is -2.10. The Morgan fingerprint density at radius 3 is 2.92 bits per heavy atom. The van der Waals surface area contributed by atoms with Crippen LogP contribution in [0.15, 0.2) is 36.7 Å². The summed E-state index contributed by atoms with van der Waals surface area (Å²) in [5.74, 6) is -0.233. The zero-order valence-corrected chi connectivity index (χ0v) is 14.8. The first-order valence-corrected chi connectivity index (χ1v) is 8.37. The second-order valence-corrected chi connectivity index (χ2v) is 6.08. The van der Waals surface area contributed by atoms with Gasteiger partial charge < -0.3 is 15.4 Å². The van der Waals surface area contributed by atoms with E-state index in [4.69, 9.17) is 17.0 Å². The molecule has 0 spiro atoms. The number of ether oxygens (including phenoxy) is 1. The summed E-state index contributed by atoms with van der Waals surface area (Å²) in [5, 5.41) is 10.9. The fraction of sp³-hybridized carbons (Fsp3) is 0.412. The molecule has 0 fully saturated rings. The molecule has 0 aliphatic carbocycles. The molecule has 2 N–H and O–H groups in total. The Hall–Kier alpha value is -1.99. The van der Waals surface area contributed by atoms with Gasteiger partial charge in [0.1, 0.15) is 5.82 Å². The van der Waals surface area contributed by atoms with E-state index in [-0.39, 0.29) is 11.9 Å². The zero-order chi connectivity index (χ0) is 17.4. The third-order valence-corrected chi connectivity index (χ3v) is 3.49. The first-order valence-electron chi connectivity index (χ1n) is 7.97. The van der Waals surface area contributed by atoms with E-state index in [9.17, 15) is 4.39 Å². The van der Waals surface area contributed by atoms with Crippen LogP contribution >= 0.6 is 12.2 Å². The summed E-state index contributed by atoms with van der Waals surface area (Å²) >= 11 is 5.24. The molecule has 5 nitrogen and oxygen atoms in total. The summed E-state index contributed by atoms with van der Waals surface area (Å²) in [5.41, 5.74) is 1.36. The molecule has 0 aliphatic rings. The molecule has 24 heavy (non-hydrogen) atoms. The second-order valence-electron chi connectivity index (χ2n) is 5.67. The van der Waals surface area contributed by atoms with Crippen LogP contribution in [0.4, 0.5) is 10.1 Å². The molecular formula is C17H23FN4OS. The maximum atomic E-state index is 13.6. The van der Waals surface area contributed by atoms with Crippen LogP contribution in [0.2, 0.25) is 0 Å². The Balaban J connectivity index is 1.75. The number of nitrogens with one attached hydrogen (secondary N) is 2. The van der Waals surface area contributed by atoms with Crippen LogP contribution in [-0.2, 0) is 11.3 Å². The van der Waals surface area contributed by atoms with Crippen molar-refractivity contribution in [3.63, 3.8) is 0 Å². The molecule has 0 aliphatic heterocycles. The van der Waals surface area contributed by atoms with E-state index in [1.807, 2.05) is 19.9 Å². The van der Waals surface area contributed by atoms with Crippen LogP contribution in [0.1, 0.15) is 25.8 Å². The highest BCUT2D eigenvalue weighted by molar-refractivity contribution is 7.80. The van der Waals surface area contributed by atoms with Crippen LogP contribution in [-0.4, -0.2) is 34.1 Å². The molecule has 0 saturated heterocycles. The zero-order valence-electron chi connectivity index (χ0n) is 14.0.